The summed E-state index contributed by atoms with van der Waals surface area (Å²) >= 11 is 0. The average molecular weight is 153 g/mol. The van der Waals surface area contributed by atoms with Crippen LogP contribution in [0.2, 0.25) is 0 Å². The van der Waals surface area contributed by atoms with Gasteiger partial charge in [0.05, 0.1) is 6.21 Å². The summed E-state index contributed by atoms with van der Waals surface area (Å²) in [5.74, 6) is 0. The molecule has 0 fully saturated rings. The monoisotopic (exact) mass is 153 g/mol. The summed E-state index contributed by atoms with van der Waals surface area (Å²) in [7, 11) is 1.86. The van der Waals surface area contributed by atoms with Gasteiger partial charge in [-0.05, 0) is 13.0 Å². The quantitative estimate of drug-likeness (QED) is 0.475. The molecule has 0 aliphatic carbocycles. The molecule has 0 saturated heterocycles. The van der Waals surface area contributed by atoms with Crippen LogP contribution in [0.25, 0.3) is 0 Å². The Hall–Kier alpha value is -1.32. The molecule has 0 aliphatic rings. The lowest BCUT2D eigenvalue weighted by atomic mass is 10.5. The predicted octanol–water partition coefficient (Wildman–Crippen LogP) is 0.790. The molecule has 0 N–H and O–H groups in total. The maximum Gasteiger partial charge on any atom is 0.114 e. The van der Waals surface area contributed by atoms with Gasteiger partial charge in [-0.2, -0.15) is 5.10 Å². The van der Waals surface area contributed by atoms with Gasteiger partial charge < -0.3 is 4.84 Å². The van der Waals surface area contributed by atoms with Gasteiger partial charge in [0.1, 0.15) is 12.3 Å². The van der Waals surface area contributed by atoms with Gasteiger partial charge in [0, 0.05) is 13.2 Å². The number of oxime groups is 1. The number of rotatable bonds is 3. The van der Waals surface area contributed by atoms with Crippen molar-refractivity contribution < 1.29 is 4.84 Å². The van der Waals surface area contributed by atoms with Gasteiger partial charge in [0.2, 0.25) is 0 Å². The first-order chi connectivity index (χ1) is 5.33. The lowest BCUT2D eigenvalue weighted by Gasteiger charge is -1.88. The van der Waals surface area contributed by atoms with Crippen LogP contribution in [0.4, 0.5) is 0 Å². The lowest BCUT2D eigenvalue weighted by Crippen LogP contribution is -1.90. The maximum absolute atomic E-state index is 4.77. The van der Waals surface area contributed by atoms with E-state index in [4.69, 9.17) is 4.84 Å². The van der Waals surface area contributed by atoms with E-state index in [1.165, 1.54) is 0 Å². The number of hydrogen-bond donors (Lipinski definition) is 0. The van der Waals surface area contributed by atoms with Crippen LogP contribution in [0, 0.1) is 0 Å². The van der Waals surface area contributed by atoms with Crippen LogP contribution in [0.5, 0.6) is 0 Å². The molecule has 0 aromatic carbocycles. The highest BCUT2D eigenvalue weighted by molar-refractivity contribution is 5.75. The van der Waals surface area contributed by atoms with Crippen molar-refractivity contribution in [1.29, 1.82) is 0 Å². The maximum atomic E-state index is 4.77. The fourth-order valence-electron chi connectivity index (χ4n) is 0.668. The second-order valence-corrected chi connectivity index (χ2v) is 2.07. The van der Waals surface area contributed by atoms with Crippen LogP contribution in [-0.4, -0.2) is 22.6 Å². The lowest BCUT2D eigenvalue weighted by molar-refractivity contribution is 0.160. The van der Waals surface area contributed by atoms with E-state index in [0.29, 0.717) is 6.61 Å². The first-order valence-corrected chi connectivity index (χ1v) is 3.48. The Bertz CT molecular complexity index is 242. The normalized spacial score (nSPS) is 10.7. The molecular formula is C7H11N3O. The number of hydrogen-bond acceptors (Lipinski definition) is 3. The highest BCUT2D eigenvalue weighted by atomic mass is 16.6. The van der Waals surface area contributed by atoms with E-state index in [-0.39, 0.29) is 0 Å². The van der Waals surface area contributed by atoms with E-state index in [1.807, 2.05) is 26.2 Å². The van der Waals surface area contributed by atoms with Crippen molar-refractivity contribution in [3.63, 3.8) is 0 Å². The highest BCUT2D eigenvalue weighted by Crippen LogP contribution is 1.89. The molecule has 1 aromatic heterocycles. The molecule has 0 unspecified atom stereocenters. The predicted molar refractivity (Wildman–Crippen MR) is 42.4 cm³/mol. The molecule has 11 heavy (non-hydrogen) atoms. The summed E-state index contributed by atoms with van der Waals surface area (Å²) in [6.45, 7) is 2.47. The fraction of sp³-hybridized carbons (Fsp3) is 0.429. The topological polar surface area (TPSA) is 39.4 Å². The van der Waals surface area contributed by atoms with Crippen molar-refractivity contribution in [1.82, 2.24) is 9.78 Å². The summed E-state index contributed by atoms with van der Waals surface area (Å²) in [5.41, 5.74) is 0.806. The Balaban J connectivity index is 2.50. The number of nitrogens with zero attached hydrogens (tertiary/aromatic N) is 3. The third kappa shape index (κ3) is 2.41. The van der Waals surface area contributed by atoms with Crippen molar-refractivity contribution in [3.8, 4) is 0 Å². The standard InChI is InChI=1S/C7H11N3O/c1-3-11-8-6-7-4-5-10(2)9-7/h4-6H,3H2,1-2H3/b8-6+. The second kappa shape index (κ2) is 3.75. The Morgan fingerprint density at radius 2 is 2.64 bits per heavy atom. The van der Waals surface area contributed by atoms with Gasteiger partial charge in [-0.25, -0.2) is 0 Å². The molecule has 1 rings (SSSR count). The van der Waals surface area contributed by atoms with Crippen LogP contribution in [0.15, 0.2) is 17.4 Å². The van der Waals surface area contributed by atoms with Gasteiger partial charge in [-0.3, -0.25) is 4.68 Å². The largest absolute Gasteiger partial charge is 0.396 e. The van der Waals surface area contributed by atoms with Crippen molar-refractivity contribution in [2.45, 2.75) is 6.92 Å². The molecule has 0 radical (unpaired) electrons. The molecule has 1 heterocycles. The van der Waals surface area contributed by atoms with Crippen molar-refractivity contribution in [3.05, 3.63) is 18.0 Å². The molecule has 0 saturated carbocycles. The third-order valence-corrected chi connectivity index (χ3v) is 1.12. The van der Waals surface area contributed by atoms with Crippen LogP contribution >= 0.6 is 0 Å². The Morgan fingerprint density at radius 1 is 1.82 bits per heavy atom. The first kappa shape index (κ1) is 7.78. The summed E-state index contributed by atoms with van der Waals surface area (Å²) in [6.07, 6.45) is 3.44. The van der Waals surface area contributed by atoms with Gasteiger partial charge in [0.15, 0.2) is 0 Å². The zero-order valence-corrected chi connectivity index (χ0v) is 6.69. The number of aryl methyl sites for hydroxylation is 1. The van der Waals surface area contributed by atoms with Crippen molar-refractivity contribution in [2.24, 2.45) is 12.2 Å². The summed E-state index contributed by atoms with van der Waals surface area (Å²) < 4.78 is 1.72. The molecule has 0 aliphatic heterocycles. The molecule has 0 bridgehead atoms. The minimum absolute atomic E-state index is 0.587. The van der Waals surface area contributed by atoms with E-state index >= 15 is 0 Å². The molecular weight excluding hydrogens is 142 g/mol. The molecule has 0 atom stereocenters. The van der Waals surface area contributed by atoms with Gasteiger partial charge >= 0.3 is 0 Å². The van der Waals surface area contributed by atoms with Crippen LogP contribution < -0.4 is 0 Å². The minimum Gasteiger partial charge on any atom is -0.396 e. The van der Waals surface area contributed by atoms with E-state index < -0.39 is 0 Å². The first-order valence-electron chi connectivity index (χ1n) is 3.48. The molecule has 60 valence electrons. The van der Waals surface area contributed by atoms with Crippen LogP contribution in [0.1, 0.15) is 12.6 Å². The Labute approximate surface area is 65.5 Å². The van der Waals surface area contributed by atoms with E-state index in [9.17, 15) is 0 Å². The smallest absolute Gasteiger partial charge is 0.114 e. The van der Waals surface area contributed by atoms with Gasteiger partial charge in [-0.1, -0.05) is 5.16 Å². The zero-order valence-electron chi connectivity index (χ0n) is 6.69. The molecule has 4 nitrogen and oxygen atoms in total. The van der Waals surface area contributed by atoms with Gasteiger partial charge in [-0.15, -0.1) is 0 Å². The van der Waals surface area contributed by atoms with E-state index in [0.717, 1.165) is 5.69 Å². The molecule has 0 amide bonds. The Kier molecular flexibility index (Phi) is 2.66. The molecule has 0 spiro atoms. The van der Waals surface area contributed by atoms with Crippen molar-refractivity contribution in [2.75, 3.05) is 6.61 Å². The highest BCUT2D eigenvalue weighted by Gasteiger charge is 1.89. The van der Waals surface area contributed by atoms with Crippen LogP contribution in [-0.2, 0) is 11.9 Å². The summed E-state index contributed by atoms with van der Waals surface area (Å²) in [5, 5.41) is 7.74. The zero-order chi connectivity index (χ0) is 8.10. The van der Waals surface area contributed by atoms with Crippen LogP contribution in [0.3, 0.4) is 0 Å². The van der Waals surface area contributed by atoms with E-state index in [2.05, 4.69) is 10.3 Å². The minimum atomic E-state index is 0.587. The van der Waals surface area contributed by atoms with E-state index in [1.54, 1.807) is 10.9 Å². The fourth-order valence-corrected chi connectivity index (χ4v) is 0.668. The summed E-state index contributed by atoms with van der Waals surface area (Å²) in [6, 6.07) is 1.86. The summed E-state index contributed by atoms with van der Waals surface area (Å²) in [4.78, 5) is 4.77. The SMILES string of the molecule is CCO/N=C/c1ccn(C)n1. The molecule has 4 heteroatoms. The van der Waals surface area contributed by atoms with Crippen molar-refractivity contribution >= 4 is 6.21 Å². The average Bonchev–Trinajstić information content (AvgIpc) is 2.37. The second-order valence-electron chi connectivity index (χ2n) is 2.07. The Morgan fingerprint density at radius 3 is 3.18 bits per heavy atom. The number of aromatic nitrogens is 2. The van der Waals surface area contributed by atoms with Gasteiger partial charge in [0.25, 0.3) is 0 Å². The third-order valence-electron chi connectivity index (χ3n) is 1.12. The molecule has 1 aromatic rings.